The molecule has 220 valence electrons. The number of hydrogen-bond donors (Lipinski definition) is 3. The second kappa shape index (κ2) is 11.1. The standard InChI is InChI=1S/C30H29ClN8O4/c1-30(2,43)11-12-37(29(41)42)21-6-3-18(4-7-21)24-16-32-28(34-24)26-10-8-22-13-19(14-27(40)39(22)26)23-15-20(31)5-9-25(23)38-17-33-35-36-38/h3-7,9,13-17,26,43H,8,10-12H2,1-2H3,(H,32,34)(H,41,42)/t26-/m0/s1. The Bertz CT molecular complexity index is 1840. The fraction of sp³-hybridized carbons (Fsp3) is 0.267. The highest BCUT2D eigenvalue weighted by molar-refractivity contribution is 6.31. The van der Waals surface area contributed by atoms with Gasteiger partial charge in [-0.15, -0.1) is 5.10 Å². The van der Waals surface area contributed by atoms with E-state index < -0.39 is 11.7 Å². The van der Waals surface area contributed by atoms with Gasteiger partial charge in [-0.3, -0.25) is 9.69 Å². The average Bonchev–Trinajstić information content (AvgIpc) is 3.74. The van der Waals surface area contributed by atoms with E-state index in [4.69, 9.17) is 11.6 Å². The first-order valence-electron chi connectivity index (χ1n) is 13.7. The number of pyridine rings is 1. The lowest BCUT2D eigenvalue weighted by atomic mass is 10.0. The lowest BCUT2D eigenvalue weighted by Gasteiger charge is -2.24. The second-order valence-electron chi connectivity index (χ2n) is 11.1. The number of nitrogens with zero attached hydrogens (tertiary/aromatic N) is 7. The third-order valence-corrected chi connectivity index (χ3v) is 7.81. The molecule has 0 fully saturated rings. The van der Waals surface area contributed by atoms with Gasteiger partial charge >= 0.3 is 6.09 Å². The Labute approximate surface area is 251 Å². The summed E-state index contributed by atoms with van der Waals surface area (Å²) in [7, 11) is 0. The predicted octanol–water partition coefficient (Wildman–Crippen LogP) is 4.72. The van der Waals surface area contributed by atoms with Crippen molar-refractivity contribution in [3.05, 3.63) is 94.0 Å². The van der Waals surface area contributed by atoms with Gasteiger partial charge in [0.15, 0.2) is 0 Å². The van der Waals surface area contributed by atoms with E-state index >= 15 is 0 Å². The SMILES string of the molecule is CC(C)(O)CCN(C(=O)O)c1ccc(-c2cnc([C@@H]3CCc4cc(-c5cc(Cl)ccc5-n5cnnn5)cc(=O)n43)[nH]2)cc1. The van der Waals surface area contributed by atoms with Gasteiger partial charge in [0.25, 0.3) is 5.56 Å². The first-order valence-corrected chi connectivity index (χ1v) is 14.1. The zero-order chi connectivity index (χ0) is 30.3. The highest BCUT2D eigenvalue weighted by atomic mass is 35.5. The molecule has 13 heteroatoms. The van der Waals surface area contributed by atoms with E-state index in [2.05, 4.69) is 25.5 Å². The Hall–Kier alpha value is -4.81. The molecule has 0 radical (unpaired) electrons. The highest BCUT2D eigenvalue weighted by Crippen LogP contribution is 2.34. The number of fused-ring (bicyclic) bond motifs is 1. The zero-order valence-electron chi connectivity index (χ0n) is 23.5. The molecule has 1 amide bonds. The van der Waals surface area contributed by atoms with E-state index in [-0.39, 0.29) is 18.1 Å². The molecule has 3 aromatic heterocycles. The van der Waals surface area contributed by atoms with Crippen molar-refractivity contribution in [2.75, 3.05) is 11.4 Å². The minimum atomic E-state index is -1.09. The maximum absolute atomic E-state index is 13.5. The zero-order valence-corrected chi connectivity index (χ0v) is 24.2. The van der Waals surface area contributed by atoms with Crippen LogP contribution in [-0.2, 0) is 6.42 Å². The predicted molar refractivity (Wildman–Crippen MR) is 161 cm³/mol. The van der Waals surface area contributed by atoms with Crippen LogP contribution in [0.3, 0.4) is 0 Å². The molecule has 0 saturated carbocycles. The van der Waals surface area contributed by atoms with Crippen molar-refractivity contribution in [2.24, 2.45) is 0 Å². The molecule has 3 N–H and O–H groups in total. The molecule has 1 aliphatic heterocycles. The number of hydrogen-bond acceptors (Lipinski definition) is 7. The average molecular weight is 601 g/mol. The number of aliphatic hydroxyl groups is 1. The maximum atomic E-state index is 13.5. The molecule has 0 unspecified atom stereocenters. The number of H-pyrrole nitrogens is 1. The summed E-state index contributed by atoms with van der Waals surface area (Å²) < 4.78 is 3.30. The van der Waals surface area contributed by atoms with E-state index in [1.54, 1.807) is 54.9 Å². The van der Waals surface area contributed by atoms with Crippen LogP contribution in [0.2, 0.25) is 5.02 Å². The third-order valence-electron chi connectivity index (χ3n) is 7.58. The fourth-order valence-electron chi connectivity index (χ4n) is 5.41. The summed E-state index contributed by atoms with van der Waals surface area (Å²) in [5.74, 6) is 0.669. The van der Waals surface area contributed by atoms with Crippen LogP contribution >= 0.6 is 11.6 Å². The number of carboxylic acid groups (broad SMARTS) is 1. The van der Waals surface area contributed by atoms with Gasteiger partial charge < -0.3 is 19.8 Å². The Morgan fingerprint density at radius 3 is 2.63 bits per heavy atom. The summed E-state index contributed by atoms with van der Waals surface area (Å²) in [6.45, 7) is 3.46. The fourth-order valence-corrected chi connectivity index (χ4v) is 5.59. The van der Waals surface area contributed by atoms with Crippen molar-refractivity contribution in [3.63, 3.8) is 0 Å². The summed E-state index contributed by atoms with van der Waals surface area (Å²) in [4.78, 5) is 34.5. The van der Waals surface area contributed by atoms with E-state index in [1.165, 1.54) is 15.9 Å². The molecule has 0 aliphatic carbocycles. The Balaban J connectivity index is 1.25. The van der Waals surface area contributed by atoms with Crippen LogP contribution < -0.4 is 10.5 Å². The van der Waals surface area contributed by atoms with E-state index in [0.717, 1.165) is 28.1 Å². The monoisotopic (exact) mass is 600 g/mol. The van der Waals surface area contributed by atoms with Gasteiger partial charge in [0.2, 0.25) is 0 Å². The molecule has 1 aliphatic rings. The first kappa shape index (κ1) is 28.3. The van der Waals surface area contributed by atoms with Crippen molar-refractivity contribution in [2.45, 2.75) is 44.8 Å². The van der Waals surface area contributed by atoms with Crippen LogP contribution in [0.4, 0.5) is 10.5 Å². The molecule has 2 aromatic carbocycles. The molecular weight excluding hydrogens is 572 g/mol. The second-order valence-corrected chi connectivity index (χ2v) is 11.6. The topological polar surface area (TPSA) is 155 Å². The summed E-state index contributed by atoms with van der Waals surface area (Å²) in [6.07, 6.45) is 3.81. The minimum absolute atomic E-state index is 0.153. The molecule has 12 nitrogen and oxygen atoms in total. The lowest BCUT2D eigenvalue weighted by molar-refractivity contribution is 0.0731. The Morgan fingerprint density at radius 1 is 1.14 bits per heavy atom. The number of tetrazole rings is 1. The number of carbonyl (C=O) groups is 1. The maximum Gasteiger partial charge on any atom is 0.411 e. The van der Waals surface area contributed by atoms with Gasteiger partial charge in [-0.05, 0) is 91.1 Å². The Morgan fingerprint density at radius 2 is 1.93 bits per heavy atom. The molecule has 0 bridgehead atoms. The van der Waals surface area contributed by atoms with Crippen LogP contribution in [0.15, 0.2) is 71.9 Å². The summed E-state index contributed by atoms with van der Waals surface area (Å²) in [6, 6.07) is 15.8. The normalized spacial score (nSPS) is 14.6. The summed E-state index contributed by atoms with van der Waals surface area (Å²) in [5.41, 5.74) is 4.02. The van der Waals surface area contributed by atoms with E-state index in [9.17, 15) is 19.8 Å². The van der Waals surface area contributed by atoms with Crippen LogP contribution in [0.1, 0.15) is 44.2 Å². The van der Waals surface area contributed by atoms with Gasteiger partial charge in [0.05, 0.1) is 29.2 Å². The van der Waals surface area contributed by atoms with Crippen LogP contribution in [0.25, 0.3) is 28.1 Å². The van der Waals surface area contributed by atoms with Gasteiger partial charge in [0, 0.05) is 34.6 Å². The number of halogens is 1. The molecule has 6 rings (SSSR count). The molecule has 1 atom stereocenters. The number of benzene rings is 2. The van der Waals surface area contributed by atoms with Crippen LogP contribution in [0, 0.1) is 0 Å². The van der Waals surface area contributed by atoms with Gasteiger partial charge in [0.1, 0.15) is 12.2 Å². The summed E-state index contributed by atoms with van der Waals surface area (Å²) in [5, 5.41) is 31.7. The van der Waals surface area contributed by atoms with Gasteiger partial charge in [-0.2, -0.15) is 4.68 Å². The van der Waals surface area contributed by atoms with Crippen LogP contribution in [-0.4, -0.2) is 63.2 Å². The summed E-state index contributed by atoms with van der Waals surface area (Å²) >= 11 is 6.32. The Kier molecular flexibility index (Phi) is 7.32. The van der Waals surface area contributed by atoms with Gasteiger partial charge in [-0.1, -0.05) is 23.7 Å². The number of aryl methyl sites for hydroxylation is 1. The van der Waals surface area contributed by atoms with Crippen molar-refractivity contribution in [1.82, 2.24) is 34.7 Å². The molecule has 0 saturated heterocycles. The smallest absolute Gasteiger partial charge is 0.411 e. The largest absolute Gasteiger partial charge is 0.465 e. The minimum Gasteiger partial charge on any atom is -0.465 e. The molecule has 4 heterocycles. The number of aromatic amines is 1. The number of anilines is 1. The number of imidazole rings is 1. The van der Waals surface area contributed by atoms with Crippen molar-refractivity contribution < 1.29 is 15.0 Å². The van der Waals surface area contributed by atoms with Crippen molar-refractivity contribution in [1.29, 1.82) is 0 Å². The lowest BCUT2D eigenvalue weighted by Crippen LogP contribution is -2.34. The number of aromatic nitrogens is 7. The van der Waals surface area contributed by atoms with Crippen molar-refractivity contribution >= 4 is 23.4 Å². The van der Waals surface area contributed by atoms with Crippen molar-refractivity contribution in [3.8, 4) is 28.1 Å². The third kappa shape index (κ3) is 5.79. The van der Waals surface area contributed by atoms with Gasteiger partial charge in [-0.25, -0.2) is 9.78 Å². The molecule has 43 heavy (non-hydrogen) atoms. The molecular formula is C30H29ClN8O4. The van der Waals surface area contributed by atoms with E-state index in [1.807, 2.05) is 24.3 Å². The van der Waals surface area contributed by atoms with E-state index in [0.29, 0.717) is 41.5 Å². The number of amides is 1. The highest BCUT2D eigenvalue weighted by Gasteiger charge is 2.28. The van der Waals surface area contributed by atoms with Crippen LogP contribution in [0.5, 0.6) is 0 Å². The quantitative estimate of drug-likeness (QED) is 0.231. The molecule has 5 aromatic rings. The molecule has 0 spiro atoms. The number of rotatable bonds is 8. The first-order chi connectivity index (χ1) is 20.6. The number of nitrogens with one attached hydrogen (secondary N) is 1.